The number of carbonyl (C=O) groups is 2. The van der Waals surface area contributed by atoms with E-state index in [0.29, 0.717) is 26.8 Å². The molecule has 0 unspecified atom stereocenters. The van der Waals surface area contributed by atoms with E-state index in [9.17, 15) is 9.59 Å². The summed E-state index contributed by atoms with van der Waals surface area (Å²) < 4.78 is 4.69. The first-order chi connectivity index (χ1) is 12.5. The maximum absolute atomic E-state index is 12.6. The normalized spacial score (nSPS) is 10.4. The van der Waals surface area contributed by atoms with E-state index in [4.69, 9.17) is 16.3 Å². The van der Waals surface area contributed by atoms with E-state index in [-0.39, 0.29) is 5.91 Å². The molecule has 3 rings (SSSR count). The number of amides is 1. The molecular formula is C19H15ClN2O3S. The van der Waals surface area contributed by atoms with Gasteiger partial charge < -0.3 is 10.1 Å². The third-order valence-electron chi connectivity index (χ3n) is 3.62. The van der Waals surface area contributed by atoms with Gasteiger partial charge in [0, 0.05) is 16.3 Å². The first-order valence-electron chi connectivity index (χ1n) is 7.71. The van der Waals surface area contributed by atoms with E-state index >= 15 is 0 Å². The lowest BCUT2D eigenvalue weighted by molar-refractivity contribution is 0.0600. The molecule has 5 nitrogen and oxygen atoms in total. The molecule has 1 aromatic heterocycles. The van der Waals surface area contributed by atoms with Gasteiger partial charge in [-0.2, -0.15) is 0 Å². The molecule has 0 saturated carbocycles. The van der Waals surface area contributed by atoms with Gasteiger partial charge in [0.15, 0.2) is 0 Å². The van der Waals surface area contributed by atoms with Gasteiger partial charge in [-0.1, -0.05) is 29.8 Å². The number of ether oxygens (including phenoxy) is 1. The zero-order valence-corrected chi connectivity index (χ0v) is 15.6. The number of hydrogen-bond donors (Lipinski definition) is 1. The third kappa shape index (κ3) is 3.92. The number of aromatic nitrogens is 1. The Labute approximate surface area is 159 Å². The molecule has 0 fully saturated rings. The summed E-state index contributed by atoms with van der Waals surface area (Å²) in [6.07, 6.45) is 0. The number of thiazole rings is 1. The van der Waals surface area contributed by atoms with Crippen molar-refractivity contribution < 1.29 is 14.3 Å². The van der Waals surface area contributed by atoms with Crippen LogP contribution >= 0.6 is 22.9 Å². The summed E-state index contributed by atoms with van der Waals surface area (Å²) in [5.41, 5.74) is 2.37. The molecule has 3 aromatic rings. The van der Waals surface area contributed by atoms with E-state index in [1.54, 1.807) is 43.3 Å². The highest BCUT2D eigenvalue weighted by molar-refractivity contribution is 7.17. The van der Waals surface area contributed by atoms with Gasteiger partial charge in [-0.3, -0.25) is 4.79 Å². The fraction of sp³-hybridized carbons (Fsp3) is 0.105. The summed E-state index contributed by atoms with van der Waals surface area (Å²) in [5, 5.41) is 4.13. The van der Waals surface area contributed by atoms with Gasteiger partial charge in [0.25, 0.3) is 5.91 Å². The average molecular weight is 387 g/mol. The van der Waals surface area contributed by atoms with Crippen LogP contribution in [0.15, 0.2) is 48.5 Å². The molecule has 0 atom stereocenters. The fourth-order valence-corrected chi connectivity index (χ4v) is 3.53. The summed E-state index contributed by atoms with van der Waals surface area (Å²) in [5.74, 6) is -0.742. The average Bonchev–Trinajstić information content (AvgIpc) is 3.03. The molecule has 0 saturated heterocycles. The zero-order valence-electron chi connectivity index (χ0n) is 14.1. The first-order valence-corrected chi connectivity index (χ1v) is 8.90. The number of methoxy groups -OCH3 is 1. The largest absolute Gasteiger partial charge is 0.465 e. The van der Waals surface area contributed by atoms with Crippen molar-refractivity contribution in [2.24, 2.45) is 0 Å². The SMILES string of the molecule is COC(=O)c1cccc(NC(=O)c2sc(-c3cccc(Cl)c3)nc2C)c1. The predicted octanol–water partition coefficient (Wildman–Crippen LogP) is 4.81. The highest BCUT2D eigenvalue weighted by Gasteiger charge is 2.17. The predicted molar refractivity (Wildman–Crippen MR) is 103 cm³/mol. The van der Waals surface area contributed by atoms with E-state index in [2.05, 4.69) is 10.3 Å². The van der Waals surface area contributed by atoms with Crippen molar-refractivity contribution >= 4 is 40.5 Å². The van der Waals surface area contributed by atoms with Crippen LogP contribution in [0.3, 0.4) is 0 Å². The number of aryl methyl sites for hydroxylation is 1. The topological polar surface area (TPSA) is 68.3 Å². The number of anilines is 1. The molecule has 2 aromatic carbocycles. The van der Waals surface area contributed by atoms with Gasteiger partial charge in [0.1, 0.15) is 9.88 Å². The van der Waals surface area contributed by atoms with Crippen LogP contribution in [0, 0.1) is 6.92 Å². The molecule has 1 heterocycles. The quantitative estimate of drug-likeness (QED) is 0.653. The number of benzene rings is 2. The minimum atomic E-state index is -0.460. The molecule has 1 amide bonds. The van der Waals surface area contributed by atoms with Crippen LogP contribution in [0.5, 0.6) is 0 Å². The van der Waals surface area contributed by atoms with Crippen molar-refractivity contribution in [1.82, 2.24) is 4.98 Å². The lowest BCUT2D eigenvalue weighted by Gasteiger charge is -2.06. The van der Waals surface area contributed by atoms with Gasteiger partial charge in [0.2, 0.25) is 0 Å². The molecule has 1 N–H and O–H groups in total. The molecule has 0 spiro atoms. The molecular weight excluding hydrogens is 372 g/mol. The van der Waals surface area contributed by atoms with Gasteiger partial charge in [-0.25, -0.2) is 9.78 Å². The van der Waals surface area contributed by atoms with Crippen molar-refractivity contribution in [2.45, 2.75) is 6.92 Å². The molecule has 0 aliphatic carbocycles. The second kappa shape index (κ2) is 7.68. The number of rotatable bonds is 4. The van der Waals surface area contributed by atoms with E-state index in [1.165, 1.54) is 18.4 Å². The third-order valence-corrected chi connectivity index (χ3v) is 5.06. The summed E-state index contributed by atoms with van der Waals surface area (Å²) in [6, 6.07) is 13.9. The number of nitrogens with zero attached hydrogens (tertiary/aromatic N) is 1. The number of esters is 1. The molecule has 0 aliphatic heterocycles. The number of nitrogens with one attached hydrogen (secondary N) is 1. The molecule has 0 radical (unpaired) electrons. The van der Waals surface area contributed by atoms with Crippen molar-refractivity contribution in [3.05, 3.63) is 69.7 Å². The highest BCUT2D eigenvalue weighted by atomic mass is 35.5. The first kappa shape index (κ1) is 18.1. The maximum atomic E-state index is 12.6. The number of halogens is 1. The second-order valence-electron chi connectivity index (χ2n) is 5.47. The van der Waals surface area contributed by atoms with Crippen molar-refractivity contribution in [3.63, 3.8) is 0 Å². The van der Waals surface area contributed by atoms with Crippen LogP contribution in [-0.2, 0) is 4.74 Å². The van der Waals surface area contributed by atoms with Crippen molar-refractivity contribution in [2.75, 3.05) is 12.4 Å². The standard InChI is InChI=1S/C19H15ClN2O3S/c1-11-16(26-18(21-11)12-5-3-7-14(20)9-12)17(23)22-15-8-4-6-13(10-15)19(24)25-2/h3-10H,1-2H3,(H,22,23). The lowest BCUT2D eigenvalue weighted by Crippen LogP contribution is -2.12. The van der Waals surface area contributed by atoms with Crippen LogP contribution in [0.4, 0.5) is 5.69 Å². The van der Waals surface area contributed by atoms with Crippen LogP contribution in [-0.4, -0.2) is 24.0 Å². The number of carbonyl (C=O) groups excluding carboxylic acids is 2. The van der Waals surface area contributed by atoms with Gasteiger partial charge in [0.05, 0.1) is 18.4 Å². The second-order valence-corrected chi connectivity index (χ2v) is 6.91. The van der Waals surface area contributed by atoms with Gasteiger partial charge in [-0.05, 0) is 37.3 Å². The Morgan fingerprint density at radius 2 is 1.92 bits per heavy atom. The minimum absolute atomic E-state index is 0.282. The lowest BCUT2D eigenvalue weighted by atomic mass is 10.2. The Balaban J connectivity index is 1.84. The van der Waals surface area contributed by atoms with E-state index in [1.807, 2.05) is 12.1 Å². The van der Waals surface area contributed by atoms with Gasteiger partial charge in [-0.15, -0.1) is 11.3 Å². The minimum Gasteiger partial charge on any atom is -0.465 e. The molecule has 7 heteroatoms. The van der Waals surface area contributed by atoms with Crippen LogP contribution in [0.1, 0.15) is 25.7 Å². The Hall–Kier alpha value is -2.70. The summed E-state index contributed by atoms with van der Waals surface area (Å²) in [7, 11) is 1.31. The Bertz CT molecular complexity index is 984. The van der Waals surface area contributed by atoms with E-state index < -0.39 is 5.97 Å². The molecule has 132 valence electrons. The van der Waals surface area contributed by atoms with Gasteiger partial charge >= 0.3 is 5.97 Å². The van der Waals surface area contributed by atoms with E-state index in [0.717, 1.165) is 10.6 Å². The fourth-order valence-electron chi connectivity index (χ4n) is 2.38. The molecule has 0 bridgehead atoms. The zero-order chi connectivity index (χ0) is 18.7. The summed E-state index contributed by atoms with van der Waals surface area (Å²) >= 11 is 7.31. The highest BCUT2D eigenvalue weighted by Crippen LogP contribution is 2.30. The monoisotopic (exact) mass is 386 g/mol. The summed E-state index contributed by atoms with van der Waals surface area (Å²) in [6.45, 7) is 1.78. The summed E-state index contributed by atoms with van der Waals surface area (Å²) in [4.78, 5) is 29.2. The Kier molecular flexibility index (Phi) is 5.35. The molecule has 26 heavy (non-hydrogen) atoms. The van der Waals surface area contributed by atoms with Crippen molar-refractivity contribution in [1.29, 1.82) is 0 Å². The Morgan fingerprint density at radius 1 is 1.15 bits per heavy atom. The molecule has 0 aliphatic rings. The maximum Gasteiger partial charge on any atom is 0.337 e. The van der Waals surface area contributed by atoms with Crippen LogP contribution in [0.25, 0.3) is 10.6 Å². The Morgan fingerprint density at radius 3 is 2.65 bits per heavy atom. The van der Waals surface area contributed by atoms with Crippen molar-refractivity contribution in [3.8, 4) is 10.6 Å². The van der Waals surface area contributed by atoms with Crippen LogP contribution < -0.4 is 5.32 Å². The smallest absolute Gasteiger partial charge is 0.337 e. The number of hydrogen-bond acceptors (Lipinski definition) is 5. The van der Waals surface area contributed by atoms with Crippen LogP contribution in [0.2, 0.25) is 5.02 Å².